The molecule has 0 aliphatic heterocycles. The van der Waals surface area contributed by atoms with E-state index in [2.05, 4.69) is 183 Å². The van der Waals surface area contributed by atoms with Crippen LogP contribution in [0.1, 0.15) is 152 Å². The molecule has 0 atom stereocenters. The van der Waals surface area contributed by atoms with Crippen molar-refractivity contribution >= 4 is 37.1 Å². The van der Waals surface area contributed by atoms with Crippen molar-refractivity contribution in [1.29, 1.82) is 0 Å². The van der Waals surface area contributed by atoms with Gasteiger partial charge in [0.05, 0.1) is 61.8 Å². The van der Waals surface area contributed by atoms with Gasteiger partial charge in [0, 0.05) is 23.5 Å². The summed E-state index contributed by atoms with van der Waals surface area (Å²) < 4.78 is 88.1. The standard InChI is InChI=1S/2C37H37F3N3.2C13H13P.Os/c2*1-22(2)17-28-20-32(41-21-31(28)26-15-11-8-12-16-26)35-34(36(43-42-35)37(38,39)40)33-29(23(3)4)18-27(19-30(33)24(5)6)25-13-9-7-10-14-25;2*1-14(12-8-4-2-5-9-12)13-10-6-3-7-11-13;/h2*7-16,18-24H,17H2,1-6H3;2*2-11H,1H3;/q2*-1;;;+2/p+2. The van der Waals surface area contributed by atoms with Gasteiger partial charge in [0.15, 0.2) is 0 Å². The predicted octanol–water partition coefficient (Wildman–Crippen LogP) is 26.1. The van der Waals surface area contributed by atoms with Gasteiger partial charge in [-0.1, -0.05) is 313 Å². The number of pyridine rings is 2. The summed E-state index contributed by atoms with van der Waals surface area (Å²) in [6.07, 6.45) is -4.36. The molecule has 0 fully saturated rings. The van der Waals surface area contributed by atoms with Crippen LogP contribution in [0.25, 0.3) is 89.5 Å². The molecule has 0 N–H and O–H groups in total. The molecule has 0 aliphatic carbocycles. The van der Waals surface area contributed by atoms with Crippen molar-refractivity contribution in [1.82, 2.24) is 30.4 Å². The Hall–Kier alpha value is -10.0. The summed E-state index contributed by atoms with van der Waals surface area (Å²) in [4.78, 5) is 9.44. The van der Waals surface area contributed by atoms with Crippen molar-refractivity contribution in [2.75, 3.05) is 13.3 Å². The number of halogens is 6. The van der Waals surface area contributed by atoms with Crippen molar-refractivity contribution in [3.63, 3.8) is 0 Å². The van der Waals surface area contributed by atoms with Crippen LogP contribution in [0.3, 0.4) is 0 Å². The molecule has 4 aromatic heterocycles. The van der Waals surface area contributed by atoms with Gasteiger partial charge in [-0.25, -0.2) is 0 Å². The first kappa shape index (κ1) is 87.4. The van der Waals surface area contributed by atoms with Crippen molar-refractivity contribution in [3.8, 4) is 89.5 Å². The van der Waals surface area contributed by atoms with Crippen LogP contribution in [0.5, 0.6) is 0 Å². The predicted molar refractivity (Wildman–Crippen MR) is 470 cm³/mol. The Morgan fingerprint density at radius 3 is 0.765 bits per heavy atom. The first-order valence-electron chi connectivity index (χ1n) is 39.3. The minimum absolute atomic E-state index is 0. The van der Waals surface area contributed by atoms with Crippen LogP contribution in [0.4, 0.5) is 26.3 Å². The van der Waals surface area contributed by atoms with Crippen LogP contribution in [-0.4, -0.2) is 33.5 Å². The summed E-state index contributed by atoms with van der Waals surface area (Å²) in [6.45, 7) is 29.3. The summed E-state index contributed by atoms with van der Waals surface area (Å²) in [5.74, 6) is 0.461. The molecule has 115 heavy (non-hydrogen) atoms. The van der Waals surface area contributed by atoms with Gasteiger partial charge in [-0.15, -0.1) is 0 Å². The Balaban J connectivity index is 0.000000181. The molecule has 15 heteroatoms. The third kappa shape index (κ3) is 22.0. The smallest absolute Gasteiger partial charge is 0.573 e. The summed E-state index contributed by atoms with van der Waals surface area (Å²) in [6, 6.07) is 94.7. The number of benzene rings is 10. The number of hydrogen-bond donors (Lipinski definition) is 0. The molecule has 0 amide bonds. The molecular formula is C100H102F6N6OsP2+2. The second-order valence-electron chi connectivity index (χ2n) is 31.0. The van der Waals surface area contributed by atoms with Crippen molar-refractivity contribution in [2.45, 2.75) is 132 Å². The maximum absolute atomic E-state index is 14.7. The van der Waals surface area contributed by atoms with Crippen LogP contribution >= 0.6 is 15.8 Å². The maximum Gasteiger partial charge on any atom is 2.00 e. The molecule has 6 nitrogen and oxygen atoms in total. The van der Waals surface area contributed by atoms with E-state index in [1.165, 1.54) is 21.2 Å². The normalized spacial score (nSPS) is 11.6. The Labute approximate surface area is 691 Å². The van der Waals surface area contributed by atoms with E-state index in [4.69, 9.17) is 9.97 Å². The third-order valence-corrected chi connectivity index (χ3v) is 25.1. The van der Waals surface area contributed by atoms with Gasteiger partial charge in [-0.3, -0.25) is 9.97 Å². The Bertz CT molecular complexity index is 4910. The molecular weight excluding hydrogens is 1650 g/mol. The van der Waals surface area contributed by atoms with E-state index in [0.29, 0.717) is 34.4 Å². The van der Waals surface area contributed by atoms with Gasteiger partial charge in [-0.2, -0.15) is 26.3 Å². The maximum atomic E-state index is 14.7. The minimum atomic E-state index is -4.69. The Morgan fingerprint density at radius 2 is 0.539 bits per heavy atom. The number of alkyl halides is 6. The molecule has 0 unspecified atom stereocenters. The second kappa shape index (κ2) is 40.0. The van der Waals surface area contributed by atoms with Crippen LogP contribution in [0.2, 0.25) is 0 Å². The summed E-state index contributed by atoms with van der Waals surface area (Å²) >= 11 is 0. The van der Waals surface area contributed by atoms with E-state index >= 15 is 0 Å². The molecule has 10 aromatic carbocycles. The fourth-order valence-corrected chi connectivity index (χ4v) is 18.0. The molecule has 590 valence electrons. The molecule has 4 heterocycles. The molecule has 0 radical (unpaired) electrons. The molecule has 0 bridgehead atoms. The van der Waals surface area contributed by atoms with Crippen molar-refractivity contribution in [2.24, 2.45) is 11.8 Å². The van der Waals surface area contributed by atoms with E-state index < -0.39 is 39.6 Å². The number of aromatic nitrogens is 6. The molecule has 0 spiro atoms. The van der Waals surface area contributed by atoms with E-state index in [1.54, 1.807) is 12.4 Å². The number of hydrogen-bond acceptors (Lipinski definition) is 4. The van der Waals surface area contributed by atoms with Crippen LogP contribution in [0, 0.1) is 11.8 Å². The average molecular weight is 1750 g/mol. The van der Waals surface area contributed by atoms with Gasteiger partial charge in [0.1, 0.15) is 11.4 Å². The second-order valence-corrected chi connectivity index (χ2v) is 35.9. The van der Waals surface area contributed by atoms with E-state index in [-0.39, 0.29) is 66.0 Å². The summed E-state index contributed by atoms with van der Waals surface area (Å²) in [7, 11) is -1.09. The summed E-state index contributed by atoms with van der Waals surface area (Å²) in [5, 5.41) is 21.9. The molecule has 0 saturated heterocycles. The zero-order valence-electron chi connectivity index (χ0n) is 67.9. The van der Waals surface area contributed by atoms with Crippen LogP contribution in [0.15, 0.2) is 291 Å². The zero-order valence-corrected chi connectivity index (χ0v) is 72.4. The first-order valence-corrected chi connectivity index (χ1v) is 43.3. The van der Waals surface area contributed by atoms with Gasteiger partial charge >= 0.3 is 32.1 Å². The summed E-state index contributed by atoms with van der Waals surface area (Å²) in [5.41, 5.74) is 13.6. The fourth-order valence-electron chi connectivity index (χ4n) is 14.5. The van der Waals surface area contributed by atoms with Crippen LogP contribution < -0.4 is 31.4 Å². The van der Waals surface area contributed by atoms with Crippen LogP contribution in [-0.2, 0) is 45.0 Å². The van der Waals surface area contributed by atoms with Crippen molar-refractivity contribution < 1.29 is 46.1 Å². The number of nitrogens with zero attached hydrogens (tertiary/aromatic N) is 6. The van der Waals surface area contributed by atoms with Gasteiger partial charge < -0.3 is 20.4 Å². The zero-order chi connectivity index (χ0) is 81.4. The van der Waals surface area contributed by atoms with Crippen molar-refractivity contribution in [3.05, 3.63) is 336 Å². The molecule has 0 aliphatic rings. The monoisotopic (exact) mass is 1750 g/mol. The average Bonchev–Trinajstić information content (AvgIpc) is 1.66. The SMILES string of the molecule is CC(C)Cc1cc(-c2[n-]nc(C(F)(F)F)c2-c2c(C(C)C)cc(-c3ccccc3)cc2C(C)C)ncc1-c1ccccc1.CC(C)Cc1cc(-c2[n-]nc(C(F)(F)F)c2-c2c(C(C)C)cc(-c3ccccc3)cc2C(C)C)ncc1-c1ccccc1.C[PH+](c1ccccc1)c1ccccc1.C[PH+](c1ccccc1)c1ccccc1.[Os+2]. The van der Waals surface area contributed by atoms with E-state index in [0.717, 1.165) is 90.7 Å². The molecule has 14 rings (SSSR count). The Morgan fingerprint density at radius 1 is 0.304 bits per heavy atom. The number of rotatable bonds is 20. The largest absolute Gasteiger partial charge is 2.00 e. The first-order chi connectivity index (χ1) is 54.7. The third-order valence-electron chi connectivity index (χ3n) is 20.3. The fraction of sp³-hybridized carbons (Fsp3) is 0.240. The van der Waals surface area contributed by atoms with Gasteiger partial charge in [0.2, 0.25) is 0 Å². The van der Waals surface area contributed by atoms with Gasteiger partial charge in [0.25, 0.3) is 0 Å². The van der Waals surface area contributed by atoms with E-state index in [9.17, 15) is 26.3 Å². The van der Waals surface area contributed by atoms with E-state index in [1.807, 2.05) is 213 Å². The Kier molecular flexibility index (Phi) is 30.4. The minimum Gasteiger partial charge on any atom is -0.573 e. The quantitative estimate of drug-likeness (QED) is 0.0559. The topological polar surface area (TPSA) is 79.8 Å². The molecule has 0 saturated carbocycles. The molecule has 14 aromatic rings. The van der Waals surface area contributed by atoms with Gasteiger partial charge in [-0.05, 0) is 198 Å².